The van der Waals surface area contributed by atoms with E-state index in [9.17, 15) is 13.6 Å². The number of halogens is 2. The van der Waals surface area contributed by atoms with Gasteiger partial charge in [0.25, 0.3) is 11.7 Å². The Balaban J connectivity index is 1.67. The molecule has 1 amide bonds. The minimum atomic E-state index is -2.46. The zero-order valence-electron chi connectivity index (χ0n) is 10.9. The second-order valence-electron chi connectivity index (χ2n) is 4.60. The Labute approximate surface area is 128 Å². The number of alkyl halides is 2. The number of hydrogen-bond acceptors (Lipinski definition) is 4. The molecule has 1 aliphatic carbocycles. The molecule has 1 aromatic heterocycles. The SMILES string of the molecule is O=C(Nc1nc2c(s1)CCC2)c1ccc(SC(F)F)cc1. The standard InChI is InChI=1S/C14H12F2N2OS2/c15-13(16)20-9-6-4-8(5-7-9)12(19)18-14-17-10-2-1-3-11(10)21-14/h4-7,13H,1-3H2,(H,17,18,19). The number of aromatic nitrogens is 1. The average Bonchev–Trinajstić information content (AvgIpc) is 2.99. The highest BCUT2D eigenvalue weighted by molar-refractivity contribution is 7.99. The van der Waals surface area contributed by atoms with Crippen LogP contribution in [-0.2, 0) is 12.8 Å². The lowest BCUT2D eigenvalue weighted by Crippen LogP contribution is -2.11. The zero-order valence-corrected chi connectivity index (χ0v) is 12.6. The Morgan fingerprint density at radius 2 is 2.05 bits per heavy atom. The zero-order chi connectivity index (χ0) is 14.8. The fraction of sp³-hybridized carbons (Fsp3) is 0.286. The lowest BCUT2D eigenvalue weighted by atomic mass is 10.2. The van der Waals surface area contributed by atoms with Crippen LogP contribution >= 0.6 is 23.1 Å². The first kappa shape index (κ1) is 14.5. The van der Waals surface area contributed by atoms with Gasteiger partial charge in [-0.25, -0.2) is 4.98 Å². The highest BCUT2D eigenvalue weighted by Crippen LogP contribution is 2.31. The largest absolute Gasteiger partial charge is 0.298 e. The first-order chi connectivity index (χ1) is 10.1. The molecule has 2 aromatic rings. The van der Waals surface area contributed by atoms with Gasteiger partial charge < -0.3 is 0 Å². The van der Waals surface area contributed by atoms with E-state index in [2.05, 4.69) is 10.3 Å². The molecule has 1 heterocycles. The Hall–Kier alpha value is -1.47. The number of amides is 1. The van der Waals surface area contributed by atoms with Crippen molar-refractivity contribution in [1.82, 2.24) is 4.98 Å². The third kappa shape index (κ3) is 3.41. The maximum absolute atomic E-state index is 12.2. The predicted molar refractivity (Wildman–Crippen MR) is 80.4 cm³/mol. The lowest BCUT2D eigenvalue weighted by molar-refractivity contribution is 0.102. The number of aryl methyl sites for hydroxylation is 2. The molecule has 0 unspecified atom stereocenters. The molecule has 0 saturated carbocycles. The van der Waals surface area contributed by atoms with Gasteiger partial charge in [-0.2, -0.15) is 8.78 Å². The molecule has 21 heavy (non-hydrogen) atoms. The number of anilines is 1. The second kappa shape index (κ2) is 6.11. The summed E-state index contributed by atoms with van der Waals surface area (Å²) in [4.78, 5) is 18.2. The summed E-state index contributed by atoms with van der Waals surface area (Å²) in [5.74, 6) is -2.72. The summed E-state index contributed by atoms with van der Waals surface area (Å²) < 4.78 is 24.4. The van der Waals surface area contributed by atoms with Crippen molar-refractivity contribution in [2.24, 2.45) is 0 Å². The number of carbonyl (C=O) groups excluding carboxylic acids is 1. The fourth-order valence-electron chi connectivity index (χ4n) is 2.20. The number of hydrogen-bond donors (Lipinski definition) is 1. The van der Waals surface area contributed by atoms with Crippen LogP contribution in [0.3, 0.4) is 0 Å². The summed E-state index contributed by atoms with van der Waals surface area (Å²) in [6.45, 7) is 0. The number of nitrogens with zero attached hydrogens (tertiary/aromatic N) is 1. The first-order valence-electron chi connectivity index (χ1n) is 6.46. The summed E-state index contributed by atoms with van der Waals surface area (Å²) in [5, 5.41) is 3.37. The van der Waals surface area contributed by atoms with Crippen molar-refractivity contribution in [3.05, 3.63) is 40.4 Å². The van der Waals surface area contributed by atoms with Gasteiger partial charge in [-0.3, -0.25) is 10.1 Å². The van der Waals surface area contributed by atoms with Crippen molar-refractivity contribution in [2.75, 3.05) is 5.32 Å². The van der Waals surface area contributed by atoms with Crippen molar-refractivity contribution >= 4 is 34.1 Å². The van der Waals surface area contributed by atoms with Gasteiger partial charge in [0.1, 0.15) is 0 Å². The van der Waals surface area contributed by atoms with E-state index in [1.54, 1.807) is 12.1 Å². The molecule has 3 rings (SSSR count). The van der Waals surface area contributed by atoms with Crippen LogP contribution in [0.5, 0.6) is 0 Å². The van der Waals surface area contributed by atoms with E-state index < -0.39 is 5.76 Å². The molecule has 110 valence electrons. The Morgan fingerprint density at radius 1 is 1.29 bits per heavy atom. The molecular formula is C14H12F2N2OS2. The second-order valence-corrected chi connectivity index (χ2v) is 6.75. The third-order valence-corrected chi connectivity index (χ3v) is 4.95. The Kier molecular flexibility index (Phi) is 4.21. The topological polar surface area (TPSA) is 42.0 Å². The van der Waals surface area contributed by atoms with Crippen molar-refractivity contribution in [1.29, 1.82) is 0 Å². The number of thiazole rings is 1. The molecule has 0 aliphatic heterocycles. The van der Waals surface area contributed by atoms with Crippen molar-refractivity contribution in [2.45, 2.75) is 29.9 Å². The molecule has 0 spiro atoms. The summed E-state index contributed by atoms with van der Waals surface area (Å²) in [6.07, 6.45) is 3.13. The number of carbonyl (C=O) groups is 1. The summed E-state index contributed by atoms with van der Waals surface area (Å²) >= 11 is 1.97. The van der Waals surface area contributed by atoms with E-state index in [0.29, 0.717) is 27.4 Å². The third-order valence-electron chi connectivity index (χ3n) is 3.16. The van der Waals surface area contributed by atoms with E-state index in [0.717, 1.165) is 25.0 Å². The van der Waals surface area contributed by atoms with Gasteiger partial charge in [0.05, 0.1) is 5.69 Å². The number of fused-ring (bicyclic) bond motifs is 1. The fourth-order valence-corrected chi connectivity index (χ4v) is 3.74. The van der Waals surface area contributed by atoms with E-state index in [-0.39, 0.29) is 5.91 Å². The number of thioether (sulfide) groups is 1. The maximum Gasteiger partial charge on any atom is 0.288 e. The van der Waals surface area contributed by atoms with Gasteiger partial charge >= 0.3 is 0 Å². The quantitative estimate of drug-likeness (QED) is 0.856. The normalized spacial score (nSPS) is 13.5. The minimum absolute atomic E-state index is 0.268. The molecule has 3 nitrogen and oxygen atoms in total. The van der Waals surface area contributed by atoms with Crippen LogP contribution in [0.1, 0.15) is 27.3 Å². The van der Waals surface area contributed by atoms with Gasteiger partial charge in [0.2, 0.25) is 0 Å². The molecular weight excluding hydrogens is 314 g/mol. The van der Waals surface area contributed by atoms with E-state index in [1.807, 2.05) is 0 Å². The molecule has 7 heteroatoms. The van der Waals surface area contributed by atoms with E-state index >= 15 is 0 Å². The van der Waals surface area contributed by atoms with Gasteiger partial charge in [0, 0.05) is 15.3 Å². The van der Waals surface area contributed by atoms with E-state index in [1.165, 1.54) is 28.3 Å². The first-order valence-corrected chi connectivity index (χ1v) is 8.16. The van der Waals surface area contributed by atoms with Crippen LogP contribution in [-0.4, -0.2) is 16.6 Å². The van der Waals surface area contributed by atoms with Crippen LogP contribution in [0.2, 0.25) is 0 Å². The van der Waals surface area contributed by atoms with Crippen molar-refractivity contribution < 1.29 is 13.6 Å². The van der Waals surface area contributed by atoms with Gasteiger partial charge in [-0.1, -0.05) is 11.8 Å². The Bertz CT molecular complexity index is 634. The molecule has 0 radical (unpaired) electrons. The molecule has 0 bridgehead atoms. The summed E-state index contributed by atoms with van der Waals surface area (Å²) in [7, 11) is 0. The average molecular weight is 326 g/mol. The van der Waals surface area contributed by atoms with Gasteiger partial charge in [-0.15, -0.1) is 11.3 Å². The molecule has 0 saturated heterocycles. The van der Waals surface area contributed by atoms with Crippen LogP contribution in [0.4, 0.5) is 13.9 Å². The predicted octanol–water partition coefficient (Wildman–Crippen LogP) is 4.20. The van der Waals surface area contributed by atoms with Crippen LogP contribution in [0.25, 0.3) is 0 Å². The maximum atomic E-state index is 12.2. The molecule has 0 fully saturated rings. The monoisotopic (exact) mass is 326 g/mol. The summed E-state index contributed by atoms with van der Waals surface area (Å²) in [6, 6.07) is 6.13. The molecule has 1 N–H and O–H groups in total. The highest BCUT2D eigenvalue weighted by atomic mass is 32.2. The smallest absolute Gasteiger partial charge is 0.288 e. The van der Waals surface area contributed by atoms with E-state index in [4.69, 9.17) is 0 Å². The van der Waals surface area contributed by atoms with Crippen LogP contribution in [0, 0.1) is 0 Å². The molecule has 0 atom stereocenters. The highest BCUT2D eigenvalue weighted by Gasteiger charge is 2.18. The van der Waals surface area contributed by atoms with Gasteiger partial charge in [0.15, 0.2) is 5.13 Å². The number of nitrogens with one attached hydrogen (secondary N) is 1. The lowest BCUT2D eigenvalue weighted by Gasteiger charge is -2.04. The molecule has 1 aromatic carbocycles. The minimum Gasteiger partial charge on any atom is -0.298 e. The molecule has 1 aliphatic rings. The van der Waals surface area contributed by atoms with Gasteiger partial charge in [-0.05, 0) is 43.5 Å². The number of rotatable bonds is 4. The number of benzene rings is 1. The van der Waals surface area contributed by atoms with Crippen molar-refractivity contribution in [3.8, 4) is 0 Å². The van der Waals surface area contributed by atoms with Crippen LogP contribution in [0.15, 0.2) is 29.2 Å². The summed E-state index contributed by atoms with van der Waals surface area (Å²) in [5.41, 5.74) is 1.52. The van der Waals surface area contributed by atoms with Crippen molar-refractivity contribution in [3.63, 3.8) is 0 Å². The Morgan fingerprint density at radius 3 is 2.71 bits per heavy atom. The van der Waals surface area contributed by atoms with Crippen LogP contribution < -0.4 is 5.32 Å².